The minimum atomic E-state index is -1.47. The van der Waals surface area contributed by atoms with Crippen molar-refractivity contribution in [3.8, 4) is 0 Å². The minimum Gasteiger partial charge on any atom is -0.464 e. The number of imide groups is 1. The lowest BCUT2D eigenvalue weighted by Gasteiger charge is -2.29. The van der Waals surface area contributed by atoms with E-state index in [9.17, 15) is 19.5 Å². The molecule has 12 nitrogen and oxygen atoms in total. The lowest BCUT2D eigenvalue weighted by atomic mass is 10.1. The molecule has 3 amide bonds. The number of rotatable bonds is 6. The molecule has 0 saturated heterocycles. The van der Waals surface area contributed by atoms with Gasteiger partial charge < -0.3 is 16.2 Å². The van der Waals surface area contributed by atoms with Gasteiger partial charge in [-0.3, -0.25) is 15.0 Å². The number of fused-ring (bicyclic) bond motifs is 2. The zero-order chi connectivity index (χ0) is 22.1. The Morgan fingerprint density at radius 2 is 1.74 bits per heavy atom. The van der Waals surface area contributed by atoms with Crippen molar-refractivity contribution in [3.05, 3.63) is 59.7 Å². The summed E-state index contributed by atoms with van der Waals surface area (Å²) in [6, 6.07) is 13.2. The van der Waals surface area contributed by atoms with Crippen molar-refractivity contribution < 1.29 is 19.5 Å². The summed E-state index contributed by atoms with van der Waals surface area (Å²) in [6.07, 6.45) is -2.19. The fourth-order valence-electron chi connectivity index (χ4n) is 3.47. The van der Waals surface area contributed by atoms with Crippen LogP contribution in [0.25, 0.3) is 11.0 Å². The number of carbonyl (C=O) groups excluding carboxylic acids is 2. The van der Waals surface area contributed by atoms with Gasteiger partial charge in [0.25, 0.3) is 11.8 Å². The van der Waals surface area contributed by atoms with Gasteiger partial charge >= 0.3 is 6.09 Å². The number of nitrogens with one attached hydrogen (secondary N) is 2. The van der Waals surface area contributed by atoms with Crippen LogP contribution in [0.2, 0.25) is 0 Å². The average molecular weight is 422 g/mol. The number of benzene rings is 2. The zero-order valence-corrected chi connectivity index (χ0v) is 16.1. The van der Waals surface area contributed by atoms with Crippen LogP contribution >= 0.6 is 0 Å². The molecule has 12 heteroatoms. The molecule has 0 bridgehead atoms. The van der Waals surface area contributed by atoms with Crippen molar-refractivity contribution in [3.63, 3.8) is 0 Å². The largest absolute Gasteiger partial charge is 0.464 e. The number of guanidine groups is 1. The smallest absolute Gasteiger partial charge is 0.426 e. The number of hydrogen-bond donors (Lipinski definition) is 4. The number of carbonyl (C=O) groups is 3. The lowest BCUT2D eigenvalue weighted by Crippen LogP contribution is -2.50. The molecular formula is C19H18N8O4. The first-order valence-corrected chi connectivity index (χ1v) is 9.27. The molecule has 2 aromatic carbocycles. The van der Waals surface area contributed by atoms with Crippen LogP contribution in [0.5, 0.6) is 0 Å². The molecule has 0 radical (unpaired) electrons. The summed E-state index contributed by atoms with van der Waals surface area (Å²) in [5.74, 6) is -1.79. The SMILES string of the molecule is N=C(N)NC(CCN(C(=O)O)N1C(=O)c2ccccc2C1=O)n1nnc2ccccc21. The van der Waals surface area contributed by atoms with Crippen LogP contribution in [0.15, 0.2) is 48.5 Å². The molecular weight excluding hydrogens is 404 g/mol. The summed E-state index contributed by atoms with van der Waals surface area (Å²) >= 11 is 0. The second-order valence-corrected chi connectivity index (χ2v) is 6.76. The number of hydrogen-bond acceptors (Lipinski definition) is 6. The number of amides is 3. The van der Waals surface area contributed by atoms with Crippen LogP contribution in [0.3, 0.4) is 0 Å². The highest BCUT2D eigenvalue weighted by atomic mass is 16.4. The molecule has 1 aromatic heterocycles. The van der Waals surface area contributed by atoms with Crippen LogP contribution in [0.1, 0.15) is 33.3 Å². The summed E-state index contributed by atoms with van der Waals surface area (Å²) in [7, 11) is 0. The molecule has 0 fully saturated rings. The van der Waals surface area contributed by atoms with Gasteiger partial charge in [-0.1, -0.05) is 29.5 Å². The number of para-hydroxylation sites is 1. The van der Waals surface area contributed by atoms with Crippen LogP contribution < -0.4 is 11.1 Å². The van der Waals surface area contributed by atoms with E-state index in [-0.39, 0.29) is 30.1 Å². The topological polar surface area (TPSA) is 171 Å². The molecule has 1 atom stereocenters. The zero-order valence-electron chi connectivity index (χ0n) is 16.1. The number of carboxylic acid groups (broad SMARTS) is 1. The maximum atomic E-state index is 12.7. The number of aromatic nitrogens is 3. The summed E-state index contributed by atoms with van der Waals surface area (Å²) in [5, 5.41) is 29.4. The van der Waals surface area contributed by atoms with E-state index in [4.69, 9.17) is 11.1 Å². The fraction of sp³-hybridized carbons (Fsp3) is 0.158. The van der Waals surface area contributed by atoms with E-state index in [1.807, 2.05) is 0 Å². The van der Waals surface area contributed by atoms with E-state index in [0.29, 0.717) is 21.1 Å². The monoisotopic (exact) mass is 422 g/mol. The first-order chi connectivity index (χ1) is 14.9. The van der Waals surface area contributed by atoms with Gasteiger partial charge in [0.2, 0.25) is 0 Å². The Morgan fingerprint density at radius 1 is 1.13 bits per heavy atom. The van der Waals surface area contributed by atoms with Gasteiger partial charge in [0.05, 0.1) is 23.2 Å². The summed E-state index contributed by atoms with van der Waals surface area (Å²) in [6.45, 7) is -0.250. The predicted molar refractivity (Wildman–Crippen MR) is 108 cm³/mol. The molecule has 2 heterocycles. The molecule has 0 spiro atoms. The Kier molecular flexibility index (Phi) is 4.95. The van der Waals surface area contributed by atoms with Crippen molar-refractivity contribution in [2.24, 2.45) is 5.73 Å². The Balaban J connectivity index is 1.61. The second-order valence-electron chi connectivity index (χ2n) is 6.76. The lowest BCUT2D eigenvalue weighted by molar-refractivity contribution is 0.00446. The second kappa shape index (κ2) is 7.74. The van der Waals surface area contributed by atoms with Crippen molar-refractivity contribution in [2.45, 2.75) is 12.6 Å². The molecule has 1 aliphatic heterocycles. The molecule has 5 N–H and O–H groups in total. The van der Waals surface area contributed by atoms with Gasteiger partial charge in [0.1, 0.15) is 11.7 Å². The molecule has 1 unspecified atom stereocenters. The van der Waals surface area contributed by atoms with Crippen molar-refractivity contribution in [1.29, 1.82) is 5.41 Å². The Labute approximate surface area is 175 Å². The van der Waals surface area contributed by atoms with Gasteiger partial charge in [-0.15, -0.1) is 5.10 Å². The van der Waals surface area contributed by atoms with E-state index < -0.39 is 24.1 Å². The predicted octanol–water partition coefficient (Wildman–Crippen LogP) is 0.994. The van der Waals surface area contributed by atoms with Gasteiger partial charge in [-0.05, 0) is 24.3 Å². The van der Waals surface area contributed by atoms with E-state index in [2.05, 4.69) is 15.6 Å². The molecule has 4 rings (SSSR count). The van der Waals surface area contributed by atoms with Crippen molar-refractivity contribution in [2.75, 3.05) is 6.54 Å². The molecule has 31 heavy (non-hydrogen) atoms. The summed E-state index contributed by atoms with van der Waals surface area (Å²) in [4.78, 5) is 37.3. The Bertz CT molecular complexity index is 1170. The maximum Gasteiger partial charge on any atom is 0.426 e. The minimum absolute atomic E-state index is 0.0344. The highest BCUT2D eigenvalue weighted by molar-refractivity contribution is 6.21. The third-order valence-corrected chi connectivity index (χ3v) is 4.84. The number of hydrazine groups is 1. The molecule has 1 aliphatic rings. The van der Waals surface area contributed by atoms with Gasteiger partial charge in [0.15, 0.2) is 5.96 Å². The van der Waals surface area contributed by atoms with E-state index in [0.717, 1.165) is 0 Å². The summed E-state index contributed by atoms with van der Waals surface area (Å²) in [5.41, 5.74) is 7.02. The highest BCUT2D eigenvalue weighted by Gasteiger charge is 2.41. The van der Waals surface area contributed by atoms with Crippen molar-refractivity contribution in [1.82, 2.24) is 30.3 Å². The number of nitrogens with zero attached hydrogens (tertiary/aromatic N) is 5. The van der Waals surface area contributed by atoms with E-state index >= 15 is 0 Å². The quantitative estimate of drug-likeness (QED) is 0.259. The highest BCUT2D eigenvalue weighted by Crippen LogP contribution is 2.25. The van der Waals surface area contributed by atoms with Crippen LogP contribution in [-0.4, -0.2) is 60.5 Å². The van der Waals surface area contributed by atoms with E-state index in [1.54, 1.807) is 36.4 Å². The first-order valence-electron chi connectivity index (χ1n) is 9.27. The van der Waals surface area contributed by atoms with Crippen LogP contribution in [-0.2, 0) is 0 Å². The third-order valence-electron chi connectivity index (χ3n) is 4.84. The Hall–Kier alpha value is -4.48. The standard InChI is InChI=1S/C19H18N8O4/c20-18(21)22-15(26-14-8-4-3-7-13(14)23-24-26)9-10-25(19(30)31)27-16(28)11-5-1-2-6-12(11)17(27)29/h1-8,15H,9-10H2,(H,30,31)(H4,20,21,22). The summed E-state index contributed by atoms with van der Waals surface area (Å²) < 4.78 is 1.47. The normalized spacial score (nSPS) is 13.9. The van der Waals surface area contributed by atoms with Crippen LogP contribution in [0.4, 0.5) is 4.79 Å². The molecule has 0 saturated carbocycles. The maximum absolute atomic E-state index is 12.7. The van der Waals surface area contributed by atoms with Gasteiger partial charge in [-0.25, -0.2) is 14.5 Å². The van der Waals surface area contributed by atoms with E-state index in [1.165, 1.54) is 16.8 Å². The fourth-order valence-corrected chi connectivity index (χ4v) is 3.47. The Morgan fingerprint density at radius 3 is 2.35 bits per heavy atom. The van der Waals surface area contributed by atoms with Gasteiger partial charge in [0, 0.05) is 6.42 Å². The number of nitrogens with two attached hydrogens (primary N) is 1. The first kappa shape index (κ1) is 19.8. The average Bonchev–Trinajstić information content (AvgIpc) is 3.28. The molecule has 3 aromatic rings. The third kappa shape index (κ3) is 3.50. The molecule has 0 aliphatic carbocycles. The van der Waals surface area contributed by atoms with Crippen molar-refractivity contribution >= 4 is 34.9 Å². The van der Waals surface area contributed by atoms with Gasteiger partial charge in [-0.2, -0.15) is 5.01 Å². The van der Waals surface area contributed by atoms with Crippen LogP contribution in [0, 0.1) is 5.41 Å². The molecule has 158 valence electrons.